The lowest BCUT2D eigenvalue weighted by Gasteiger charge is -2.22. The van der Waals surface area contributed by atoms with Crippen molar-refractivity contribution in [1.29, 1.82) is 0 Å². The number of pyridine rings is 2. The van der Waals surface area contributed by atoms with Crippen molar-refractivity contribution in [1.82, 2.24) is 34.7 Å². The largest absolute Gasteiger partial charge is 0.481 e. The molecule has 0 radical (unpaired) electrons. The first-order valence-corrected chi connectivity index (χ1v) is 12.1. The SMILES string of the molecule is COc1cccc(-c2nnc(NS(=O)(=O)C(C)C(OC)c3ncc(C)cn3)n2-c2ccncc2)n1. The zero-order valence-electron chi connectivity index (χ0n) is 19.5. The highest BCUT2D eigenvalue weighted by Crippen LogP contribution is 2.28. The molecule has 35 heavy (non-hydrogen) atoms. The van der Waals surface area contributed by atoms with Crippen LogP contribution >= 0.6 is 0 Å². The molecule has 0 fully saturated rings. The number of sulfonamides is 1. The minimum absolute atomic E-state index is 0.0256. The molecule has 0 aromatic carbocycles. The number of nitrogens with one attached hydrogen (secondary N) is 1. The van der Waals surface area contributed by atoms with Gasteiger partial charge in [0.05, 0.1) is 12.8 Å². The van der Waals surface area contributed by atoms with E-state index in [9.17, 15) is 8.42 Å². The Morgan fingerprint density at radius 2 is 1.74 bits per heavy atom. The van der Waals surface area contributed by atoms with Crippen molar-refractivity contribution in [3.05, 3.63) is 66.5 Å². The van der Waals surface area contributed by atoms with Crippen molar-refractivity contribution in [2.45, 2.75) is 25.2 Å². The fourth-order valence-electron chi connectivity index (χ4n) is 3.35. The zero-order chi connectivity index (χ0) is 25.0. The van der Waals surface area contributed by atoms with Crippen LogP contribution in [0.1, 0.15) is 24.4 Å². The molecule has 12 nitrogen and oxygen atoms in total. The number of hydrogen-bond acceptors (Lipinski definition) is 10. The van der Waals surface area contributed by atoms with Crippen LogP contribution in [-0.4, -0.2) is 62.6 Å². The van der Waals surface area contributed by atoms with E-state index >= 15 is 0 Å². The molecule has 0 spiro atoms. The third-order valence-electron chi connectivity index (χ3n) is 5.20. The summed E-state index contributed by atoms with van der Waals surface area (Å²) in [6.45, 7) is 3.35. The van der Waals surface area contributed by atoms with E-state index in [1.165, 1.54) is 25.7 Å². The van der Waals surface area contributed by atoms with E-state index in [2.05, 4.69) is 34.9 Å². The fourth-order valence-corrected chi connectivity index (χ4v) is 4.48. The summed E-state index contributed by atoms with van der Waals surface area (Å²) in [5.74, 6) is 0.921. The molecule has 182 valence electrons. The summed E-state index contributed by atoms with van der Waals surface area (Å²) in [4.78, 5) is 16.9. The maximum atomic E-state index is 13.4. The van der Waals surface area contributed by atoms with E-state index in [-0.39, 0.29) is 11.8 Å². The molecule has 13 heteroatoms. The van der Waals surface area contributed by atoms with Crippen LogP contribution in [0.25, 0.3) is 17.2 Å². The molecule has 2 unspecified atom stereocenters. The van der Waals surface area contributed by atoms with Crippen LogP contribution in [0.5, 0.6) is 5.88 Å². The number of aromatic nitrogens is 7. The van der Waals surface area contributed by atoms with Gasteiger partial charge in [0, 0.05) is 38.0 Å². The molecule has 0 aliphatic rings. The van der Waals surface area contributed by atoms with E-state index < -0.39 is 21.4 Å². The Morgan fingerprint density at radius 3 is 2.40 bits per heavy atom. The molecule has 0 aliphatic heterocycles. The molecular formula is C22H24N8O4S. The Bertz CT molecular complexity index is 1390. The van der Waals surface area contributed by atoms with Crippen LogP contribution in [0, 0.1) is 6.92 Å². The number of methoxy groups -OCH3 is 2. The Kier molecular flexibility index (Phi) is 6.98. The Hall–Kier alpha value is -3.97. The number of ether oxygens (including phenoxy) is 2. The topological polar surface area (TPSA) is 147 Å². The lowest BCUT2D eigenvalue weighted by molar-refractivity contribution is 0.0949. The van der Waals surface area contributed by atoms with Gasteiger partial charge in [0.1, 0.15) is 17.0 Å². The average Bonchev–Trinajstić information content (AvgIpc) is 3.29. The van der Waals surface area contributed by atoms with Crippen LogP contribution in [-0.2, 0) is 14.8 Å². The van der Waals surface area contributed by atoms with Crippen LogP contribution in [0.2, 0.25) is 0 Å². The second kappa shape index (κ2) is 10.1. The highest BCUT2D eigenvalue weighted by Gasteiger charge is 2.34. The van der Waals surface area contributed by atoms with Crippen molar-refractivity contribution in [2.24, 2.45) is 0 Å². The van der Waals surface area contributed by atoms with Crippen LogP contribution in [0.4, 0.5) is 5.95 Å². The third kappa shape index (κ3) is 5.10. The van der Waals surface area contributed by atoms with Crippen LogP contribution in [0.15, 0.2) is 55.1 Å². The lowest BCUT2D eigenvalue weighted by atomic mass is 10.2. The summed E-state index contributed by atoms with van der Waals surface area (Å²) in [5, 5.41) is 7.26. The molecule has 4 aromatic heterocycles. The lowest BCUT2D eigenvalue weighted by Crippen LogP contribution is -2.33. The first kappa shape index (κ1) is 24.2. The van der Waals surface area contributed by atoms with E-state index in [0.717, 1.165) is 5.56 Å². The van der Waals surface area contributed by atoms with Gasteiger partial charge in [0.2, 0.25) is 21.9 Å². The van der Waals surface area contributed by atoms with Gasteiger partial charge in [-0.25, -0.2) is 23.4 Å². The van der Waals surface area contributed by atoms with Crippen molar-refractivity contribution in [3.8, 4) is 23.1 Å². The van der Waals surface area contributed by atoms with Gasteiger partial charge in [0.15, 0.2) is 11.6 Å². The minimum atomic E-state index is -4.03. The second-order valence-corrected chi connectivity index (χ2v) is 9.62. The first-order chi connectivity index (χ1) is 16.8. The summed E-state index contributed by atoms with van der Waals surface area (Å²) in [5.41, 5.74) is 1.87. The van der Waals surface area contributed by atoms with E-state index in [1.54, 1.807) is 55.1 Å². The van der Waals surface area contributed by atoms with Gasteiger partial charge in [-0.15, -0.1) is 10.2 Å². The van der Waals surface area contributed by atoms with Crippen molar-refractivity contribution < 1.29 is 17.9 Å². The molecule has 0 bridgehead atoms. The predicted molar refractivity (Wildman–Crippen MR) is 127 cm³/mol. The number of aryl methyl sites for hydroxylation is 1. The minimum Gasteiger partial charge on any atom is -0.481 e. The van der Waals surface area contributed by atoms with Gasteiger partial charge in [0.25, 0.3) is 0 Å². The number of rotatable bonds is 9. The van der Waals surface area contributed by atoms with Gasteiger partial charge in [-0.05, 0) is 37.6 Å². The molecule has 4 aromatic rings. The van der Waals surface area contributed by atoms with Crippen LogP contribution < -0.4 is 9.46 Å². The molecule has 1 N–H and O–H groups in total. The van der Waals surface area contributed by atoms with Crippen molar-refractivity contribution in [3.63, 3.8) is 0 Å². The summed E-state index contributed by atoms with van der Waals surface area (Å²) in [7, 11) is -1.12. The molecule has 4 rings (SSSR count). The molecule has 2 atom stereocenters. The molecule has 0 amide bonds. The van der Waals surface area contributed by atoms with Crippen molar-refractivity contribution >= 4 is 16.0 Å². The van der Waals surface area contributed by atoms with Crippen molar-refractivity contribution in [2.75, 3.05) is 18.9 Å². The number of hydrogen-bond donors (Lipinski definition) is 1. The molecule has 0 aliphatic carbocycles. The molecule has 0 saturated carbocycles. The Morgan fingerprint density at radius 1 is 1.03 bits per heavy atom. The summed E-state index contributed by atoms with van der Waals surface area (Å²) in [6, 6.07) is 8.57. The fraction of sp³-hybridized carbons (Fsp3) is 0.273. The monoisotopic (exact) mass is 496 g/mol. The second-order valence-electron chi connectivity index (χ2n) is 7.58. The van der Waals surface area contributed by atoms with Gasteiger partial charge in [-0.1, -0.05) is 6.07 Å². The standard InChI is InChI=1S/C22H24N8O4S/c1-14-12-24-20(25-13-14)19(34-4)15(2)35(31,32)29-22-28-27-21(17-6-5-7-18(26-17)33-3)30(22)16-8-10-23-11-9-16/h5-13,15,19H,1-4H3,(H,28,29). The quantitative estimate of drug-likeness (QED) is 0.366. The van der Waals surface area contributed by atoms with Crippen LogP contribution in [0.3, 0.4) is 0 Å². The Labute approximate surface area is 202 Å². The molecule has 0 saturated heterocycles. The maximum absolute atomic E-state index is 13.4. The third-order valence-corrected chi connectivity index (χ3v) is 6.90. The highest BCUT2D eigenvalue weighted by molar-refractivity contribution is 7.93. The molecule has 4 heterocycles. The van der Waals surface area contributed by atoms with Gasteiger partial charge in [-0.2, -0.15) is 0 Å². The summed E-state index contributed by atoms with van der Waals surface area (Å²) in [6.07, 6.45) is 5.46. The van der Waals surface area contributed by atoms with Gasteiger partial charge < -0.3 is 9.47 Å². The number of anilines is 1. The maximum Gasteiger partial charge on any atom is 0.243 e. The normalized spacial score (nSPS) is 13.3. The smallest absolute Gasteiger partial charge is 0.243 e. The predicted octanol–water partition coefficient (Wildman–Crippen LogP) is 2.35. The van der Waals surface area contributed by atoms with E-state index in [1.807, 2.05) is 6.92 Å². The summed E-state index contributed by atoms with van der Waals surface area (Å²) >= 11 is 0. The summed E-state index contributed by atoms with van der Waals surface area (Å²) < 4.78 is 41.5. The zero-order valence-corrected chi connectivity index (χ0v) is 20.3. The van der Waals surface area contributed by atoms with E-state index in [4.69, 9.17) is 9.47 Å². The first-order valence-electron chi connectivity index (χ1n) is 10.5. The van der Waals surface area contributed by atoms with Gasteiger partial charge in [-0.3, -0.25) is 14.3 Å². The highest BCUT2D eigenvalue weighted by atomic mass is 32.2. The Balaban J connectivity index is 1.74. The number of nitrogens with zero attached hydrogens (tertiary/aromatic N) is 7. The molecular weight excluding hydrogens is 472 g/mol. The van der Waals surface area contributed by atoms with E-state index in [0.29, 0.717) is 23.1 Å². The van der Waals surface area contributed by atoms with Gasteiger partial charge >= 0.3 is 0 Å². The average molecular weight is 497 g/mol.